The van der Waals surface area contributed by atoms with Gasteiger partial charge >= 0.3 is 6.09 Å². The van der Waals surface area contributed by atoms with Crippen molar-refractivity contribution in [2.24, 2.45) is 0 Å². The highest BCUT2D eigenvalue weighted by atomic mass is 28.3. The number of carbonyl (C=O) groups is 2. The van der Waals surface area contributed by atoms with E-state index in [0.717, 1.165) is 16.5 Å². The Kier molecular flexibility index (Phi) is 4.94. The molecule has 7 heteroatoms. The van der Waals surface area contributed by atoms with Gasteiger partial charge in [-0.25, -0.2) is 4.79 Å². The molecule has 6 nitrogen and oxygen atoms in total. The third kappa shape index (κ3) is 3.54. The number of benzene rings is 1. The van der Waals surface area contributed by atoms with Crippen LogP contribution in [0.5, 0.6) is 0 Å². The fourth-order valence-corrected chi connectivity index (χ4v) is 5.28. The molecule has 1 aromatic carbocycles. The third-order valence-electron chi connectivity index (χ3n) is 4.98. The van der Waals surface area contributed by atoms with Gasteiger partial charge in [-0.1, -0.05) is 19.6 Å². The molecule has 140 valence electrons. The van der Waals surface area contributed by atoms with Gasteiger partial charge in [0.05, 0.1) is 27.3 Å². The maximum atomic E-state index is 11.8. The number of hydrogen-bond acceptors (Lipinski definition) is 3. The van der Waals surface area contributed by atoms with E-state index in [4.69, 9.17) is 4.74 Å². The SMILES string of the molecule is CC(=O)c1ccc2[nH]c([Si](C)(C)C)c(C[C@H]3COCCN3C(=O)O)c2c1. The minimum absolute atomic E-state index is 0.0294. The lowest BCUT2D eigenvalue weighted by atomic mass is 10.0. The van der Waals surface area contributed by atoms with Crippen molar-refractivity contribution in [3.05, 3.63) is 29.3 Å². The molecule has 0 bridgehead atoms. The predicted octanol–water partition coefficient (Wildman–Crippen LogP) is 2.84. The van der Waals surface area contributed by atoms with E-state index in [1.165, 1.54) is 10.2 Å². The predicted molar refractivity (Wildman–Crippen MR) is 104 cm³/mol. The minimum atomic E-state index is -1.69. The van der Waals surface area contributed by atoms with Gasteiger partial charge in [-0.05, 0) is 37.1 Å². The fraction of sp³-hybridized carbons (Fsp3) is 0.474. The van der Waals surface area contributed by atoms with Crippen molar-refractivity contribution in [2.75, 3.05) is 19.8 Å². The number of nitrogens with one attached hydrogen (secondary N) is 1. The van der Waals surface area contributed by atoms with Crippen LogP contribution in [-0.4, -0.2) is 60.7 Å². The van der Waals surface area contributed by atoms with Crippen LogP contribution in [-0.2, 0) is 11.2 Å². The highest BCUT2D eigenvalue weighted by Crippen LogP contribution is 2.25. The summed E-state index contributed by atoms with van der Waals surface area (Å²) in [6, 6.07) is 5.51. The Balaban J connectivity index is 2.10. The summed E-state index contributed by atoms with van der Waals surface area (Å²) in [6.07, 6.45) is -0.315. The van der Waals surface area contributed by atoms with Crippen LogP contribution < -0.4 is 5.32 Å². The summed E-state index contributed by atoms with van der Waals surface area (Å²) >= 11 is 0. The maximum absolute atomic E-state index is 11.8. The number of fused-ring (bicyclic) bond motifs is 1. The summed E-state index contributed by atoms with van der Waals surface area (Å²) in [4.78, 5) is 28.5. The van der Waals surface area contributed by atoms with E-state index in [0.29, 0.717) is 31.7 Å². The molecule has 0 saturated carbocycles. The van der Waals surface area contributed by atoms with E-state index in [1.807, 2.05) is 18.2 Å². The molecule has 1 amide bonds. The highest BCUT2D eigenvalue weighted by Gasteiger charge is 2.31. The van der Waals surface area contributed by atoms with Crippen LogP contribution in [0.3, 0.4) is 0 Å². The molecule has 2 N–H and O–H groups in total. The summed E-state index contributed by atoms with van der Waals surface area (Å²) < 4.78 is 5.55. The fourth-order valence-electron chi connectivity index (χ4n) is 3.63. The lowest BCUT2D eigenvalue weighted by Crippen LogP contribution is -2.50. The molecule has 1 aliphatic heterocycles. The van der Waals surface area contributed by atoms with Crippen LogP contribution in [0.2, 0.25) is 19.6 Å². The zero-order valence-electron chi connectivity index (χ0n) is 15.8. The van der Waals surface area contributed by atoms with E-state index in [2.05, 4.69) is 24.6 Å². The quantitative estimate of drug-likeness (QED) is 0.637. The maximum Gasteiger partial charge on any atom is 0.407 e. The zero-order valence-corrected chi connectivity index (χ0v) is 16.8. The first-order valence-corrected chi connectivity index (χ1v) is 12.4. The van der Waals surface area contributed by atoms with Gasteiger partial charge in [0, 0.05) is 28.3 Å². The number of ketones is 1. The second kappa shape index (κ2) is 6.89. The molecule has 1 aromatic heterocycles. The van der Waals surface area contributed by atoms with Crippen LogP contribution in [0.25, 0.3) is 10.9 Å². The summed E-state index contributed by atoms with van der Waals surface area (Å²) in [5.74, 6) is 0.0294. The number of hydrogen-bond donors (Lipinski definition) is 2. The average Bonchev–Trinajstić information content (AvgIpc) is 2.93. The molecule has 2 aromatic rings. The van der Waals surface area contributed by atoms with Gasteiger partial charge in [0.2, 0.25) is 0 Å². The van der Waals surface area contributed by atoms with E-state index in [-0.39, 0.29) is 11.8 Å². The van der Waals surface area contributed by atoms with Gasteiger partial charge in [-0.15, -0.1) is 0 Å². The third-order valence-corrected chi connectivity index (χ3v) is 6.90. The molecular weight excluding hydrogens is 348 g/mol. The molecule has 1 fully saturated rings. The van der Waals surface area contributed by atoms with Crippen molar-refractivity contribution in [2.45, 2.75) is 39.0 Å². The van der Waals surface area contributed by atoms with Crippen LogP contribution in [0.1, 0.15) is 22.8 Å². The number of carboxylic acid groups (broad SMARTS) is 1. The Morgan fingerprint density at radius 1 is 1.35 bits per heavy atom. The number of aromatic amines is 1. The van der Waals surface area contributed by atoms with Crippen molar-refractivity contribution < 1.29 is 19.4 Å². The van der Waals surface area contributed by atoms with E-state index >= 15 is 0 Å². The molecule has 0 radical (unpaired) electrons. The number of morpholine rings is 1. The van der Waals surface area contributed by atoms with Crippen LogP contribution >= 0.6 is 0 Å². The number of nitrogens with zero attached hydrogens (tertiary/aromatic N) is 1. The molecule has 1 aliphatic rings. The van der Waals surface area contributed by atoms with Gasteiger partial charge in [0.15, 0.2) is 5.78 Å². The Labute approximate surface area is 154 Å². The summed E-state index contributed by atoms with van der Waals surface area (Å²) in [5, 5.41) is 11.8. The Morgan fingerprint density at radius 3 is 2.69 bits per heavy atom. The molecule has 1 atom stereocenters. The highest BCUT2D eigenvalue weighted by molar-refractivity contribution is 6.88. The number of Topliss-reactive ketones (excluding diaryl/α,β-unsaturated/α-hetero) is 1. The summed E-state index contributed by atoms with van der Waals surface area (Å²) in [5.41, 5.74) is 2.81. The lowest BCUT2D eigenvalue weighted by Gasteiger charge is -2.34. The van der Waals surface area contributed by atoms with Crippen LogP contribution in [0.15, 0.2) is 18.2 Å². The molecule has 0 aliphatic carbocycles. The second-order valence-corrected chi connectivity index (χ2v) is 13.0. The number of amides is 1. The number of aromatic nitrogens is 1. The smallest absolute Gasteiger partial charge is 0.407 e. The number of H-pyrrole nitrogens is 1. The summed E-state index contributed by atoms with van der Waals surface area (Å²) in [6.45, 7) is 9.58. The topological polar surface area (TPSA) is 82.6 Å². The van der Waals surface area contributed by atoms with Crippen LogP contribution in [0, 0.1) is 0 Å². The first-order valence-electron chi connectivity index (χ1n) is 8.92. The number of rotatable bonds is 4. The van der Waals surface area contributed by atoms with E-state index in [1.54, 1.807) is 6.92 Å². The van der Waals surface area contributed by atoms with Crippen LogP contribution in [0.4, 0.5) is 4.79 Å². The zero-order chi connectivity index (χ0) is 19.1. The van der Waals surface area contributed by atoms with Crippen molar-refractivity contribution in [3.8, 4) is 0 Å². The molecule has 3 rings (SSSR count). The Hall–Kier alpha value is -2.12. The number of ether oxygens (including phenoxy) is 1. The Morgan fingerprint density at radius 2 is 2.08 bits per heavy atom. The largest absolute Gasteiger partial charge is 0.465 e. The molecular formula is C19H26N2O4Si. The molecule has 26 heavy (non-hydrogen) atoms. The van der Waals surface area contributed by atoms with Crippen molar-refractivity contribution >= 4 is 36.2 Å². The Bertz CT molecular complexity index is 853. The first kappa shape index (κ1) is 18.7. The van der Waals surface area contributed by atoms with Gasteiger partial charge in [-0.3, -0.25) is 4.79 Å². The van der Waals surface area contributed by atoms with Gasteiger partial charge in [0.25, 0.3) is 0 Å². The van der Waals surface area contributed by atoms with E-state index in [9.17, 15) is 14.7 Å². The monoisotopic (exact) mass is 374 g/mol. The van der Waals surface area contributed by atoms with Crippen molar-refractivity contribution in [3.63, 3.8) is 0 Å². The van der Waals surface area contributed by atoms with Gasteiger partial charge < -0.3 is 19.7 Å². The normalized spacial score (nSPS) is 18.3. The second-order valence-electron chi connectivity index (χ2n) is 7.95. The summed E-state index contributed by atoms with van der Waals surface area (Å²) in [7, 11) is -1.69. The average molecular weight is 375 g/mol. The van der Waals surface area contributed by atoms with Crippen molar-refractivity contribution in [1.82, 2.24) is 9.88 Å². The molecule has 0 spiro atoms. The molecule has 0 unspecified atom stereocenters. The van der Waals surface area contributed by atoms with E-state index < -0.39 is 14.2 Å². The minimum Gasteiger partial charge on any atom is -0.465 e. The van der Waals surface area contributed by atoms with Gasteiger partial charge in [0.1, 0.15) is 0 Å². The standard InChI is InChI=1S/C19H26N2O4Si/c1-12(22)13-5-6-17-15(9-13)16(18(20-17)26(2,3)4)10-14-11-25-8-7-21(14)19(23)24/h5-6,9,14,20H,7-8,10-11H2,1-4H3,(H,23,24)/t14-/m0/s1. The molecule has 1 saturated heterocycles. The van der Waals surface area contributed by atoms with Crippen molar-refractivity contribution in [1.29, 1.82) is 0 Å². The number of carbonyl (C=O) groups excluding carboxylic acids is 1. The molecule has 2 heterocycles. The first-order chi connectivity index (χ1) is 12.2. The lowest BCUT2D eigenvalue weighted by molar-refractivity contribution is 0.000443. The van der Waals surface area contributed by atoms with Gasteiger partial charge in [-0.2, -0.15) is 0 Å².